The van der Waals surface area contributed by atoms with Gasteiger partial charge in [-0.05, 0) is 58.0 Å². The number of aryl methyl sites for hydroxylation is 1. The van der Waals surface area contributed by atoms with Crippen LogP contribution in [0.2, 0.25) is 0 Å². The van der Waals surface area contributed by atoms with Crippen molar-refractivity contribution in [1.82, 2.24) is 19.5 Å². The van der Waals surface area contributed by atoms with Crippen LogP contribution < -0.4 is 4.72 Å². The van der Waals surface area contributed by atoms with E-state index in [0.717, 1.165) is 35.5 Å². The standard InChI is InChI=1S/C27H31F3N6O7S/c1-17-7-9-19(10-8-17)22-15-23(27(28,29)30)31-35(22)20-11-13-21(14-12-20)44(40,41)32-24(37)16-34(6)36(39)33-43-18(2)42-25(38)26(3,4)5/h7-15,18H,16H2,1-6H3,(H,32,37)/b36-33-. The normalized spacial score (nSPS) is 13.2. The zero-order valence-corrected chi connectivity index (χ0v) is 25.4. The number of alkyl halides is 3. The maximum Gasteiger partial charge on any atom is 0.435 e. The number of esters is 1. The predicted molar refractivity (Wildman–Crippen MR) is 149 cm³/mol. The number of carbonyl (C=O) groups excluding carboxylic acids is 2. The number of nitrogens with one attached hydrogen (secondary N) is 1. The van der Waals surface area contributed by atoms with Crippen LogP contribution in [0, 0.1) is 17.5 Å². The molecule has 0 aliphatic carbocycles. The van der Waals surface area contributed by atoms with Crippen molar-refractivity contribution in [1.29, 1.82) is 0 Å². The quantitative estimate of drug-likeness (QED) is 0.112. The van der Waals surface area contributed by atoms with Crippen molar-refractivity contribution >= 4 is 21.9 Å². The molecule has 13 nitrogen and oxygen atoms in total. The molecular formula is C27H31F3N6O7S. The molecule has 0 saturated heterocycles. The van der Waals surface area contributed by atoms with Gasteiger partial charge >= 0.3 is 12.1 Å². The highest BCUT2D eigenvalue weighted by molar-refractivity contribution is 7.90. The Kier molecular flexibility index (Phi) is 9.92. The van der Waals surface area contributed by atoms with Gasteiger partial charge in [-0.3, -0.25) is 14.4 Å². The summed E-state index contributed by atoms with van der Waals surface area (Å²) in [6, 6.07) is 12.3. The van der Waals surface area contributed by atoms with Gasteiger partial charge in [0.1, 0.15) is 0 Å². The van der Waals surface area contributed by atoms with Crippen molar-refractivity contribution < 1.29 is 45.7 Å². The number of likely N-dealkylation sites (N-methyl/N-ethyl adjacent to an activating group) is 1. The zero-order chi connectivity index (χ0) is 33.0. The molecule has 1 amide bonds. The lowest BCUT2D eigenvalue weighted by Gasteiger charge is -2.19. The van der Waals surface area contributed by atoms with E-state index in [1.165, 1.54) is 19.1 Å². The number of carbonyl (C=O) groups is 2. The number of aromatic nitrogens is 2. The van der Waals surface area contributed by atoms with Crippen molar-refractivity contribution in [2.24, 2.45) is 10.7 Å². The van der Waals surface area contributed by atoms with Gasteiger partial charge in [-0.15, -0.1) is 5.01 Å². The van der Waals surface area contributed by atoms with Crippen molar-refractivity contribution in [2.75, 3.05) is 13.6 Å². The minimum Gasteiger partial charge on any atom is -0.569 e. The smallest absolute Gasteiger partial charge is 0.435 e. The molecule has 1 heterocycles. The summed E-state index contributed by atoms with van der Waals surface area (Å²) in [5.74, 6) is -1.71. The number of halogens is 3. The number of rotatable bonds is 10. The van der Waals surface area contributed by atoms with Crippen LogP contribution in [0.15, 0.2) is 64.8 Å². The Morgan fingerprint density at radius 1 is 1.11 bits per heavy atom. The molecule has 1 unspecified atom stereocenters. The van der Waals surface area contributed by atoms with Crippen molar-refractivity contribution in [3.05, 3.63) is 71.1 Å². The molecule has 0 spiro atoms. The second-order valence-corrected chi connectivity index (χ2v) is 12.4. The van der Waals surface area contributed by atoms with E-state index in [-0.39, 0.29) is 21.2 Å². The fraction of sp³-hybridized carbons (Fsp3) is 0.370. The molecule has 238 valence electrons. The molecule has 2 aromatic carbocycles. The van der Waals surface area contributed by atoms with Crippen LogP contribution >= 0.6 is 0 Å². The van der Waals surface area contributed by atoms with E-state index < -0.39 is 52.0 Å². The minimum absolute atomic E-state index is 0.127. The van der Waals surface area contributed by atoms with E-state index in [1.807, 2.05) is 6.92 Å². The lowest BCUT2D eigenvalue weighted by molar-refractivity contribution is -0.705. The Labute approximate surface area is 251 Å². The summed E-state index contributed by atoms with van der Waals surface area (Å²) in [6.45, 7) is 7.22. The van der Waals surface area contributed by atoms with Gasteiger partial charge < -0.3 is 9.94 Å². The molecule has 3 rings (SSSR count). The maximum atomic E-state index is 13.5. The third-order valence-electron chi connectivity index (χ3n) is 5.80. The highest BCUT2D eigenvalue weighted by Gasteiger charge is 2.35. The van der Waals surface area contributed by atoms with Crippen LogP contribution in [0.3, 0.4) is 0 Å². The average molecular weight is 641 g/mol. The zero-order valence-electron chi connectivity index (χ0n) is 24.6. The number of hydrazine groups is 1. The largest absolute Gasteiger partial charge is 0.569 e. The highest BCUT2D eigenvalue weighted by atomic mass is 32.2. The fourth-order valence-electron chi connectivity index (χ4n) is 3.44. The summed E-state index contributed by atoms with van der Waals surface area (Å²) >= 11 is 0. The summed E-state index contributed by atoms with van der Waals surface area (Å²) in [7, 11) is -3.32. The maximum absolute atomic E-state index is 13.5. The van der Waals surface area contributed by atoms with Crippen LogP contribution in [0.5, 0.6) is 0 Å². The van der Waals surface area contributed by atoms with Gasteiger partial charge in [0.15, 0.2) is 12.2 Å². The van der Waals surface area contributed by atoms with Gasteiger partial charge in [0.2, 0.25) is 5.28 Å². The van der Waals surface area contributed by atoms with E-state index in [4.69, 9.17) is 9.57 Å². The van der Waals surface area contributed by atoms with Gasteiger partial charge in [0.05, 0.1) is 33.7 Å². The number of amides is 1. The summed E-state index contributed by atoms with van der Waals surface area (Å²) in [5.41, 5.74) is -0.342. The number of benzene rings is 2. The van der Waals surface area contributed by atoms with E-state index in [1.54, 1.807) is 49.8 Å². The molecule has 0 fully saturated rings. The summed E-state index contributed by atoms with van der Waals surface area (Å²) in [4.78, 5) is 28.5. The van der Waals surface area contributed by atoms with Crippen molar-refractivity contribution in [3.63, 3.8) is 0 Å². The summed E-state index contributed by atoms with van der Waals surface area (Å²) in [6.07, 6.45) is -5.94. The number of hydrogen-bond donors (Lipinski definition) is 1. The van der Waals surface area contributed by atoms with Gasteiger partial charge in [0, 0.05) is 12.5 Å². The number of sulfonamides is 1. The van der Waals surface area contributed by atoms with Crippen LogP contribution in [0.4, 0.5) is 13.2 Å². The van der Waals surface area contributed by atoms with E-state index in [9.17, 15) is 36.4 Å². The molecule has 0 bridgehead atoms. The Bertz CT molecular complexity index is 1630. The molecule has 0 aliphatic heterocycles. The first-order valence-corrected chi connectivity index (χ1v) is 14.4. The monoisotopic (exact) mass is 640 g/mol. The van der Waals surface area contributed by atoms with Gasteiger partial charge in [0.25, 0.3) is 22.2 Å². The summed E-state index contributed by atoms with van der Waals surface area (Å²) < 4.78 is 73.8. The molecular weight excluding hydrogens is 609 g/mol. The van der Waals surface area contributed by atoms with E-state index >= 15 is 0 Å². The Balaban J connectivity index is 1.71. The fourth-order valence-corrected chi connectivity index (χ4v) is 4.42. The van der Waals surface area contributed by atoms with Gasteiger partial charge in [-0.1, -0.05) is 29.8 Å². The van der Waals surface area contributed by atoms with Crippen LogP contribution in [0.1, 0.15) is 39.0 Å². The molecule has 17 heteroatoms. The first-order valence-electron chi connectivity index (χ1n) is 12.9. The molecule has 0 radical (unpaired) electrons. The first kappa shape index (κ1) is 33.8. The second kappa shape index (κ2) is 12.9. The first-order chi connectivity index (χ1) is 20.3. The number of hydrogen-bond acceptors (Lipinski definition) is 9. The minimum atomic E-state index is -4.72. The van der Waals surface area contributed by atoms with Crippen LogP contribution in [0.25, 0.3) is 16.9 Å². The highest BCUT2D eigenvalue weighted by Crippen LogP contribution is 2.33. The Morgan fingerprint density at radius 3 is 2.25 bits per heavy atom. The molecule has 1 N–H and O–H groups in total. The van der Waals surface area contributed by atoms with E-state index in [0.29, 0.717) is 10.6 Å². The molecule has 0 aliphatic rings. The molecule has 3 aromatic rings. The topological polar surface area (TPSA) is 158 Å². The van der Waals surface area contributed by atoms with Crippen LogP contribution in [-0.4, -0.2) is 59.9 Å². The van der Waals surface area contributed by atoms with Crippen molar-refractivity contribution in [2.45, 2.75) is 52.0 Å². The van der Waals surface area contributed by atoms with E-state index in [2.05, 4.69) is 10.4 Å². The number of nitrogens with zero attached hydrogens (tertiary/aromatic N) is 5. The molecule has 1 atom stereocenters. The second-order valence-electron chi connectivity index (χ2n) is 10.7. The molecule has 0 saturated carbocycles. The molecule has 44 heavy (non-hydrogen) atoms. The SMILES string of the molecule is Cc1ccc(-c2cc(C(F)(F)F)nn2-c2ccc(S(=O)(=O)NC(=O)CN(C)/[N+]([O-])=N/OC(C)OC(=O)C(C)(C)C)cc2)cc1. The van der Waals surface area contributed by atoms with Gasteiger partial charge in [-0.2, -0.15) is 18.3 Å². The van der Waals surface area contributed by atoms with Crippen LogP contribution in [-0.2, 0) is 35.4 Å². The van der Waals surface area contributed by atoms with Gasteiger partial charge in [-0.25, -0.2) is 17.8 Å². The lowest BCUT2D eigenvalue weighted by atomic mass is 9.97. The molecule has 1 aromatic heterocycles. The number of ether oxygens (including phenoxy) is 1. The lowest BCUT2D eigenvalue weighted by Crippen LogP contribution is -2.41. The average Bonchev–Trinajstić information content (AvgIpc) is 3.37. The van der Waals surface area contributed by atoms with Crippen molar-refractivity contribution in [3.8, 4) is 16.9 Å². The predicted octanol–water partition coefficient (Wildman–Crippen LogP) is 4.35. The Morgan fingerprint density at radius 2 is 1.70 bits per heavy atom. The summed E-state index contributed by atoms with van der Waals surface area (Å²) in [5, 5.41) is 19.6. The third kappa shape index (κ3) is 8.68. The Hall–Kier alpha value is -4.67. The third-order valence-corrected chi connectivity index (χ3v) is 7.19.